The van der Waals surface area contributed by atoms with E-state index >= 15 is 0 Å². The molecule has 1 atom stereocenters. The SMILES string of the molecule is CC1(c2ccccc2)CC(C)(C)N(C(=O)CN2CCN(c3ccccc3)CC2)c2ccccc21. The second-order valence-electron chi connectivity index (χ2n) is 10.5. The van der Waals surface area contributed by atoms with Gasteiger partial charge in [-0.2, -0.15) is 0 Å². The molecule has 0 spiro atoms. The highest BCUT2D eigenvalue weighted by Crippen LogP contribution is 2.50. The molecule has 4 heteroatoms. The molecule has 2 aliphatic heterocycles. The lowest BCUT2D eigenvalue weighted by molar-refractivity contribution is -0.121. The van der Waals surface area contributed by atoms with Gasteiger partial charge in [-0.05, 0) is 49.6 Å². The second-order valence-corrected chi connectivity index (χ2v) is 10.5. The van der Waals surface area contributed by atoms with E-state index in [1.54, 1.807) is 0 Å². The highest BCUT2D eigenvalue weighted by Gasteiger charge is 2.47. The molecule has 0 aromatic heterocycles. The van der Waals surface area contributed by atoms with Crippen LogP contribution in [0.2, 0.25) is 0 Å². The van der Waals surface area contributed by atoms with Gasteiger partial charge >= 0.3 is 0 Å². The number of para-hydroxylation sites is 2. The zero-order valence-corrected chi connectivity index (χ0v) is 20.6. The van der Waals surface area contributed by atoms with Gasteiger partial charge in [0.25, 0.3) is 0 Å². The van der Waals surface area contributed by atoms with Crippen LogP contribution in [0.4, 0.5) is 11.4 Å². The Bertz CT molecular complexity index is 1140. The van der Waals surface area contributed by atoms with Crippen molar-refractivity contribution in [2.24, 2.45) is 0 Å². The summed E-state index contributed by atoms with van der Waals surface area (Å²) in [6.07, 6.45) is 0.883. The predicted molar refractivity (Wildman–Crippen MR) is 141 cm³/mol. The zero-order chi connectivity index (χ0) is 23.8. The number of benzene rings is 3. The van der Waals surface area contributed by atoms with E-state index in [1.807, 2.05) is 0 Å². The molecule has 0 radical (unpaired) electrons. The topological polar surface area (TPSA) is 26.8 Å². The van der Waals surface area contributed by atoms with Gasteiger partial charge in [0.2, 0.25) is 5.91 Å². The van der Waals surface area contributed by atoms with Crippen LogP contribution in [0.1, 0.15) is 38.3 Å². The average molecular weight is 454 g/mol. The van der Waals surface area contributed by atoms with Crippen molar-refractivity contribution in [2.45, 2.75) is 38.1 Å². The number of anilines is 2. The van der Waals surface area contributed by atoms with Crippen molar-refractivity contribution in [3.8, 4) is 0 Å². The molecular weight excluding hydrogens is 418 g/mol. The Labute approximate surface area is 203 Å². The summed E-state index contributed by atoms with van der Waals surface area (Å²) in [5.74, 6) is 0.195. The van der Waals surface area contributed by atoms with Gasteiger partial charge in [0.15, 0.2) is 0 Å². The molecule has 34 heavy (non-hydrogen) atoms. The predicted octanol–water partition coefficient (Wildman–Crippen LogP) is 5.33. The Balaban J connectivity index is 1.37. The Morgan fingerprint density at radius 3 is 2.03 bits per heavy atom. The summed E-state index contributed by atoms with van der Waals surface area (Å²) in [7, 11) is 0. The minimum Gasteiger partial charge on any atom is -0.369 e. The molecule has 0 aliphatic carbocycles. The van der Waals surface area contributed by atoms with Crippen LogP contribution < -0.4 is 9.80 Å². The van der Waals surface area contributed by atoms with Crippen molar-refractivity contribution in [1.29, 1.82) is 0 Å². The van der Waals surface area contributed by atoms with Gasteiger partial charge in [0.05, 0.1) is 6.54 Å². The van der Waals surface area contributed by atoms with Gasteiger partial charge in [-0.15, -0.1) is 0 Å². The number of fused-ring (bicyclic) bond motifs is 1. The van der Waals surface area contributed by atoms with Crippen LogP contribution >= 0.6 is 0 Å². The molecule has 3 aromatic rings. The van der Waals surface area contributed by atoms with Crippen LogP contribution in [0.25, 0.3) is 0 Å². The monoisotopic (exact) mass is 453 g/mol. The minimum atomic E-state index is -0.290. The standard InChI is InChI=1S/C30H35N3O/c1-29(2)23-30(3,24-12-6-4-7-13-24)26-16-10-11-17-27(26)33(29)28(34)22-31-18-20-32(21-19-31)25-14-8-5-9-15-25/h4-17H,18-23H2,1-3H3. The van der Waals surface area contributed by atoms with E-state index in [1.165, 1.54) is 16.8 Å². The fourth-order valence-electron chi connectivity index (χ4n) is 6.10. The molecule has 1 unspecified atom stereocenters. The van der Waals surface area contributed by atoms with Crippen molar-refractivity contribution >= 4 is 17.3 Å². The first kappa shape index (κ1) is 22.7. The minimum absolute atomic E-state index is 0.139. The van der Waals surface area contributed by atoms with Crippen molar-refractivity contribution < 1.29 is 4.79 Å². The zero-order valence-electron chi connectivity index (χ0n) is 20.6. The molecule has 5 rings (SSSR count). The molecule has 4 nitrogen and oxygen atoms in total. The molecule has 1 amide bonds. The van der Waals surface area contributed by atoms with Crippen LogP contribution in [-0.2, 0) is 10.2 Å². The molecule has 1 saturated heterocycles. The van der Waals surface area contributed by atoms with Gasteiger partial charge in [-0.3, -0.25) is 9.69 Å². The summed E-state index contributed by atoms with van der Waals surface area (Å²) >= 11 is 0. The Morgan fingerprint density at radius 1 is 0.765 bits per heavy atom. The molecule has 0 N–H and O–H groups in total. The van der Waals surface area contributed by atoms with Crippen molar-refractivity contribution in [3.63, 3.8) is 0 Å². The second kappa shape index (κ2) is 8.92. The van der Waals surface area contributed by atoms with Gasteiger partial charge in [0.1, 0.15) is 0 Å². The van der Waals surface area contributed by atoms with Crippen molar-refractivity contribution in [2.75, 3.05) is 42.5 Å². The fourth-order valence-corrected chi connectivity index (χ4v) is 6.10. The number of carbonyl (C=O) groups is 1. The van der Waals surface area contributed by atoms with E-state index in [0.29, 0.717) is 6.54 Å². The summed E-state index contributed by atoms with van der Waals surface area (Å²) in [6, 6.07) is 29.8. The third-order valence-electron chi connectivity index (χ3n) is 7.64. The third-order valence-corrected chi connectivity index (χ3v) is 7.64. The number of piperazine rings is 1. The van der Waals surface area contributed by atoms with Gasteiger partial charge in [-0.25, -0.2) is 0 Å². The van der Waals surface area contributed by atoms with E-state index in [9.17, 15) is 4.79 Å². The lowest BCUT2D eigenvalue weighted by Crippen LogP contribution is -2.59. The molecule has 0 saturated carbocycles. The summed E-state index contributed by atoms with van der Waals surface area (Å²) in [6.45, 7) is 10.9. The van der Waals surface area contributed by atoms with Gasteiger partial charge in [-0.1, -0.05) is 73.7 Å². The summed E-state index contributed by atoms with van der Waals surface area (Å²) in [5.41, 5.74) is 4.43. The molecule has 2 heterocycles. The first-order chi connectivity index (χ1) is 16.4. The fraction of sp³-hybridized carbons (Fsp3) is 0.367. The summed E-state index contributed by atoms with van der Waals surface area (Å²) < 4.78 is 0. The Hall–Kier alpha value is -3.11. The van der Waals surface area contributed by atoms with Crippen molar-refractivity contribution in [1.82, 2.24) is 4.90 Å². The largest absolute Gasteiger partial charge is 0.369 e. The number of amides is 1. The van der Waals surface area contributed by atoms with Crippen LogP contribution in [0.5, 0.6) is 0 Å². The molecule has 0 bridgehead atoms. The maximum absolute atomic E-state index is 13.8. The van der Waals surface area contributed by atoms with E-state index in [-0.39, 0.29) is 16.9 Å². The molecule has 176 valence electrons. The van der Waals surface area contributed by atoms with E-state index in [4.69, 9.17) is 0 Å². The summed E-state index contributed by atoms with van der Waals surface area (Å²) in [4.78, 5) is 20.6. The van der Waals surface area contributed by atoms with Crippen LogP contribution in [0.15, 0.2) is 84.9 Å². The lowest BCUT2D eigenvalue weighted by Gasteiger charge is -2.52. The maximum Gasteiger partial charge on any atom is 0.241 e. The third kappa shape index (κ3) is 4.12. The Kier molecular flexibility index (Phi) is 5.95. The van der Waals surface area contributed by atoms with E-state index < -0.39 is 0 Å². The van der Waals surface area contributed by atoms with Crippen LogP contribution in [-0.4, -0.2) is 49.1 Å². The maximum atomic E-state index is 13.8. The van der Waals surface area contributed by atoms with Crippen LogP contribution in [0, 0.1) is 0 Å². The first-order valence-corrected chi connectivity index (χ1v) is 12.4. The van der Waals surface area contributed by atoms with E-state index in [2.05, 4.69) is 120 Å². The number of hydrogen-bond acceptors (Lipinski definition) is 3. The first-order valence-electron chi connectivity index (χ1n) is 12.4. The van der Waals surface area contributed by atoms with Gasteiger partial charge in [0, 0.05) is 48.5 Å². The molecule has 3 aromatic carbocycles. The molecular formula is C30H35N3O. The van der Waals surface area contributed by atoms with Crippen molar-refractivity contribution in [3.05, 3.63) is 96.1 Å². The normalized spacial score (nSPS) is 22.3. The summed E-state index contributed by atoms with van der Waals surface area (Å²) in [5, 5.41) is 0. The number of rotatable bonds is 4. The number of carbonyl (C=O) groups excluding carboxylic acids is 1. The number of nitrogens with zero attached hydrogens (tertiary/aromatic N) is 3. The molecule has 1 fully saturated rings. The van der Waals surface area contributed by atoms with Crippen LogP contribution in [0.3, 0.4) is 0 Å². The lowest BCUT2D eigenvalue weighted by atomic mass is 9.65. The quantitative estimate of drug-likeness (QED) is 0.534. The smallest absolute Gasteiger partial charge is 0.241 e. The van der Waals surface area contributed by atoms with E-state index in [0.717, 1.165) is 38.3 Å². The highest BCUT2D eigenvalue weighted by atomic mass is 16.2. The highest BCUT2D eigenvalue weighted by molar-refractivity contribution is 5.98. The molecule has 2 aliphatic rings. The average Bonchev–Trinajstić information content (AvgIpc) is 2.85. The number of hydrogen-bond donors (Lipinski definition) is 0. The Morgan fingerprint density at radius 2 is 1.35 bits per heavy atom. The van der Waals surface area contributed by atoms with Gasteiger partial charge < -0.3 is 9.80 Å².